The molecule has 92 valence electrons. The van der Waals surface area contributed by atoms with Crippen LogP contribution in [0.5, 0.6) is 0 Å². The first-order valence-corrected chi connectivity index (χ1v) is 5.71. The van der Waals surface area contributed by atoms with Gasteiger partial charge in [-0.2, -0.15) is 0 Å². The molecule has 1 aliphatic heterocycles. The van der Waals surface area contributed by atoms with Crippen LogP contribution < -0.4 is 24.0 Å². The van der Waals surface area contributed by atoms with Crippen molar-refractivity contribution in [2.45, 2.75) is 32.0 Å². The minimum Gasteiger partial charge on any atom is -0.548 e. The minimum atomic E-state index is -1.01. The first-order chi connectivity index (χ1) is 8.20. The van der Waals surface area contributed by atoms with E-state index in [0.717, 1.165) is 18.7 Å². The average molecular weight is 242 g/mol. The Morgan fingerprint density at radius 3 is 2.89 bits per heavy atom. The summed E-state index contributed by atoms with van der Waals surface area (Å²) >= 11 is 0. The molecule has 0 bridgehead atoms. The third-order valence-corrected chi connectivity index (χ3v) is 3.03. The number of aliphatic hydroxyl groups is 1. The number of carbonyl (C=O) groups excluding carboxylic acids is 1. The molecule has 0 spiro atoms. The number of aliphatic carboxylic acids is 1. The molecule has 0 saturated carbocycles. The van der Waals surface area contributed by atoms with Gasteiger partial charge in [-0.1, -0.05) is 6.07 Å². The van der Waals surface area contributed by atoms with Crippen molar-refractivity contribution in [1.82, 2.24) is 9.88 Å². The summed E-state index contributed by atoms with van der Waals surface area (Å²) in [6, 6.07) is 4.89. The number of aromatic nitrogens is 1. The second-order valence-corrected chi connectivity index (χ2v) is 4.23. The number of rotatable bonds is 4. The molecule has 1 saturated heterocycles. The quantitative estimate of drug-likeness (QED) is 0.550. The third-order valence-electron chi connectivity index (χ3n) is 3.03. The summed E-state index contributed by atoms with van der Waals surface area (Å²) in [4.78, 5) is 17.0. The Labute approximate surface area is 118 Å². The van der Waals surface area contributed by atoms with Crippen LogP contribution in [0, 0.1) is 0 Å². The summed E-state index contributed by atoms with van der Waals surface area (Å²) in [7, 11) is 0. The SMILES string of the molecule is O=C([O-])[C@@H]1CCCN1Cc1cccc(CO)n1.[Li+]. The molecule has 0 radical (unpaired) electrons. The van der Waals surface area contributed by atoms with Gasteiger partial charge in [-0.3, -0.25) is 9.88 Å². The van der Waals surface area contributed by atoms with Gasteiger partial charge < -0.3 is 15.0 Å². The summed E-state index contributed by atoms with van der Waals surface area (Å²) in [6.07, 6.45) is 1.51. The van der Waals surface area contributed by atoms with Gasteiger partial charge in [0.05, 0.1) is 24.0 Å². The van der Waals surface area contributed by atoms with Crippen LogP contribution in [0.4, 0.5) is 0 Å². The number of nitrogens with zero attached hydrogens (tertiary/aromatic N) is 2. The molecule has 0 aliphatic carbocycles. The molecule has 2 heterocycles. The number of likely N-dealkylation sites (tertiary alicyclic amines) is 1. The largest absolute Gasteiger partial charge is 1.00 e. The fourth-order valence-electron chi connectivity index (χ4n) is 2.20. The van der Waals surface area contributed by atoms with Crippen LogP contribution in [0.1, 0.15) is 24.2 Å². The first kappa shape index (κ1) is 15.2. The second kappa shape index (κ2) is 6.91. The summed E-state index contributed by atoms with van der Waals surface area (Å²) in [6.45, 7) is 1.15. The predicted octanol–water partition coefficient (Wildman–Crippen LogP) is -3.71. The van der Waals surface area contributed by atoms with E-state index in [9.17, 15) is 9.90 Å². The van der Waals surface area contributed by atoms with Crippen molar-refractivity contribution in [2.75, 3.05) is 6.54 Å². The van der Waals surface area contributed by atoms with E-state index in [1.54, 1.807) is 6.07 Å². The monoisotopic (exact) mass is 242 g/mol. The zero-order valence-electron chi connectivity index (χ0n) is 10.5. The molecule has 18 heavy (non-hydrogen) atoms. The number of carboxylic acid groups (broad SMARTS) is 1. The summed E-state index contributed by atoms with van der Waals surface area (Å²) in [5, 5.41) is 19.9. The maximum absolute atomic E-state index is 10.9. The fraction of sp³-hybridized carbons (Fsp3) is 0.500. The Morgan fingerprint density at radius 1 is 1.50 bits per heavy atom. The van der Waals surface area contributed by atoms with Crippen molar-refractivity contribution >= 4 is 5.97 Å². The summed E-state index contributed by atoms with van der Waals surface area (Å²) in [5.74, 6) is -1.01. The van der Waals surface area contributed by atoms with E-state index >= 15 is 0 Å². The number of hydrogen-bond donors (Lipinski definition) is 1. The molecule has 1 fully saturated rings. The van der Waals surface area contributed by atoms with Crippen LogP contribution in [0.3, 0.4) is 0 Å². The number of hydrogen-bond acceptors (Lipinski definition) is 5. The van der Waals surface area contributed by atoms with E-state index in [0.29, 0.717) is 18.7 Å². The number of pyridine rings is 1. The van der Waals surface area contributed by atoms with Gasteiger partial charge in [0, 0.05) is 12.6 Å². The van der Waals surface area contributed by atoms with Gasteiger partial charge >= 0.3 is 18.9 Å². The van der Waals surface area contributed by atoms with Crippen molar-refractivity contribution in [3.63, 3.8) is 0 Å². The molecule has 1 aliphatic rings. The Kier molecular flexibility index (Phi) is 5.83. The number of carbonyl (C=O) groups is 1. The van der Waals surface area contributed by atoms with E-state index in [2.05, 4.69) is 4.98 Å². The van der Waals surface area contributed by atoms with Crippen LogP contribution >= 0.6 is 0 Å². The molecular weight excluding hydrogens is 227 g/mol. The molecule has 5 nitrogen and oxygen atoms in total. The van der Waals surface area contributed by atoms with E-state index in [1.165, 1.54) is 0 Å². The topological polar surface area (TPSA) is 76.5 Å². The van der Waals surface area contributed by atoms with Crippen LogP contribution in [0.15, 0.2) is 18.2 Å². The molecule has 6 heteroatoms. The third kappa shape index (κ3) is 3.56. The summed E-state index contributed by atoms with van der Waals surface area (Å²) in [5.41, 5.74) is 1.39. The minimum absolute atomic E-state index is 0. The Bertz CT molecular complexity index is 414. The van der Waals surface area contributed by atoms with Crippen molar-refractivity contribution in [1.29, 1.82) is 0 Å². The summed E-state index contributed by atoms with van der Waals surface area (Å²) < 4.78 is 0. The molecular formula is C12H15LiN2O3. The Hall–Kier alpha value is -0.863. The predicted molar refractivity (Wildman–Crippen MR) is 58.6 cm³/mol. The van der Waals surface area contributed by atoms with Gasteiger partial charge in [-0.25, -0.2) is 0 Å². The average Bonchev–Trinajstić information content (AvgIpc) is 2.77. The maximum Gasteiger partial charge on any atom is 1.00 e. The van der Waals surface area contributed by atoms with Gasteiger partial charge in [0.1, 0.15) is 0 Å². The van der Waals surface area contributed by atoms with Gasteiger partial charge in [-0.15, -0.1) is 0 Å². The van der Waals surface area contributed by atoms with Crippen molar-refractivity contribution < 1.29 is 33.9 Å². The molecule has 0 amide bonds. The molecule has 0 aromatic carbocycles. The van der Waals surface area contributed by atoms with E-state index in [4.69, 9.17) is 5.11 Å². The number of aliphatic hydroxyl groups excluding tert-OH is 1. The van der Waals surface area contributed by atoms with Crippen LogP contribution in [0.25, 0.3) is 0 Å². The van der Waals surface area contributed by atoms with Gasteiger partial charge in [-0.05, 0) is 31.5 Å². The molecule has 2 rings (SSSR count). The van der Waals surface area contributed by atoms with Gasteiger partial charge in [0.25, 0.3) is 0 Å². The van der Waals surface area contributed by atoms with E-state index in [1.807, 2.05) is 17.0 Å². The van der Waals surface area contributed by atoms with E-state index in [-0.39, 0.29) is 25.5 Å². The van der Waals surface area contributed by atoms with Gasteiger partial charge in [0.2, 0.25) is 0 Å². The van der Waals surface area contributed by atoms with Gasteiger partial charge in [0.15, 0.2) is 0 Å². The zero-order chi connectivity index (χ0) is 12.3. The fourth-order valence-corrected chi connectivity index (χ4v) is 2.20. The first-order valence-electron chi connectivity index (χ1n) is 5.71. The standard InChI is InChI=1S/C12H16N2O3.Li/c15-8-10-4-1-3-9(13-10)7-14-6-2-5-11(14)12(16)17;/h1,3-4,11,15H,2,5-8H2,(H,16,17);/q;+1/p-1/t11-;/m0./s1. The molecule has 1 N–H and O–H groups in total. The smallest absolute Gasteiger partial charge is 0.548 e. The zero-order valence-corrected chi connectivity index (χ0v) is 10.5. The maximum atomic E-state index is 10.9. The Morgan fingerprint density at radius 2 is 2.22 bits per heavy atom. The van der Waals surface area contributed by atoms with E-state index < -0.39 is 12.0 Å². The van der Waals surface area contributed by atoms with Crippen molar-refractivity contribution in [2.24, 2.45) is 0 Å². The van der Waals surface area contributed by atoms with Crippen LogP contribution in [-0.4, -0.2) is 33.5 Å². The van der Waals surface area contributed by atoms with Crippen LogP contribution in [0.2, 0.25) is 0 Å². The van der Waals surface area contributed by atoms with Crippen molar-refractivity contribution in [3.8, 4) is 0 Å². The molecule has 0 unspecified atom stereocenters. The molecule has 1 aromatic rings. The molecule has 1 atom stereocenters. The second-order valence-electron chi connectivity index (χ2n) is 4.23. The Balaban J connectivity index is 0.00000162. The van der Waals surface area contributed by atoms with Crippen molar-refractivity contribution in [3.05, 3.63) is 29.6 Å². The normalized spacial score (nSPS) is 19.5. The molecule has 1 aromatic heterocycles. The number of carboxylic acids is 1. The van der Waals surface area contributed by atoms with Crippen LogP contribution in [-0.2, 0) is 17.9 Å².